The summed E-state index contributed by atoms with van der Waals surface area (Å²) in [5.74, 6) is 0.0725. The average Bonchev–Trinajstić information content (AvgIpc) is 3.10. The second kappa shape index (κ2) is 11.3. The highest BCUT2D eigenvalue weighted by Gasteiger charge is 2.28. The maximum Gasteiger partial charge on any atom is 0.407 e. The lowest BCUT2D eigenvalue weighted by molar-refractivity contribution is -0.136. The Morgan fingerprint density at radius 3 is 2.57 bits per heavy atom. The number of amides is 2. The first-order chi connectivity index (χ1) is 14.2. The van der Waals surface area contributed by atoms with Gasteiger partial charge in [0.15, 0.2) is 0 Å². The Bertz CT molecular complexity index is 677. The number of carbonyl (C=O) groups excluding carboxylic acids is 2. The molecule has 0 radical (unpaired) electrons. The number of likely N-dealkylation sites (tertiary alicyclic amines) is 1. The third-order valence-corrected chi connectivity index (χ3v) is 4.91. The highest BCUT2D eigenvalue weighted by atomic mass is 16.6. The molecular formula is C21H37N5O4. The Morgan fingerprint density at radius 1 is 1.23 bits per heavy atom. The zero-order valence-corrected chi connectivity index (χ0v) is 18.8. The molecule has 30 heavy (non-hydrogen) atoms. The maximum atomic E-state index is 13.2. The lowest BCUT2D eigenvalue weighted by Crippen LogP contribution is -2.40. The first kappa shape index (κ1) is 24.1. The quantitative estimate of drug-likeness (QED) is 0.591. The van der Waals surface area contributed by atoms with Crippen molar-refractivity contribution in [3.63, 3.8) is 0 Å². The van der Waals surface area contributed by atoms with E-state index < -0.39 is 23.8 Å². The van der Waals surface area contributed by atoms with Gasteiger partial charge in [-0.3, -0.25) is 4.79 Å². The SMILES string of the molecule is CC(O)Cc1cn([C@@H](CCCCNC(=O)OC(C)(C)C)C(=O)N2CCCCC2)nn1. The number of nitrogens with one attached hydrogen (secondary N) is 1. The van der Waals surface area contributed by atoms with Crippen molar-refractivity contribution in [2.75, 3.05) is 19.6 Å². The van der Waals surface area contributed by atoms with Gasteiger partial charge in [-0.25, -0.2) is 9.48 Å². The molecule has 2 heterocycles. The third kappa shape index (κ3) is 8.30. The topological polar surface area (TPSA) is 110 Å². The summed E-state index contributed by atoms with van der Waals surface area (Å²) in [5, 5.41) is 20.6. The summed E-state index contributed by atoms with van der Waals surface area (Å²) in [5.41, 5.74) is 0.153. The van der Waals surface area contributed by atoms with E-state index in [9.17, 15) is 14.7 Å². The Kier molecular flexibility index (Phi) is 9.08. The van der Waals surface area contributed by atoms with E-state index in [0.717, 1.165) is 45.2 Å². The second-order valence-electron chi connectivity index (χ2n) is 9.07. The Hall–Kier alpha value is -2.16. The van der Waals surface area contributed by atoms with Gasteiger partial charge in [0.25, 0.3) is 0 Å². The minimum atomic E-state index is -0.521. The molecule has 2 atom stereocenters. The number of aromatic nitrogens is 3. The van der Waals surface area contributed by atoms with Crippen LogP contribution in [0.4, 0.5) is 4.79 Å². The molecule has 0 saturated carbocycles. The lowest BCUT2D eigenvalue weighted by atomic mass is 10.1. The van der Waals surface area contributed by atoms with Crippen molar-refractivity contribution in [3.8, 4) is 0 Å². The van der Waals surface area contributed by atoms with E-state index in [1.807, 2.05) is 25.7 Å². The van der Waals surface area contributed by atoms with Gasteiger partial charge < -0.3 is 20.1 Å². The molecule has 170 valence electrons. The van der Waals surface area contributed by atoms with E-state index >= 15 is 0 Å². The molecule has 1 fully saturated rings. The van der Waals surface area contributed by atoms with Gasteiger partial charge in [-0.15, -0.1) is 5.10 Å². The highest BCUT2D eigenvalue weighted by Crippen LogP contribution is 2.21. The number of alkyl carbamates (subject to hydrolysis) is 1. The summed E-state index contributed by atoms with van der Waals surface area (Å²) in [6, 6.07) is -0.417. The summed E-state index contributed by atoms with van der Waals surface area (Å²) in [4.78, 5) is 26.8. The molecular weight excluding hydrogens is 386 g/mol. The highest BCUT2D eigenvalue weighted by molar-refractivity contribution is 5.80. The average molecular weight is 424 g/mol. The van der Waals surface area contributed by atoms with Crippen LogP contribution in [0.3, 0.4) is 0 Å². The van der Waals surface area contributed by atoms with Crippen molar-refractivity contribution in [1.82, 2.24) is 25.2 Å². The molecule has 2 rings (SSSR count). The molecule has 0 bridgehead atoms. The van der Waals surface area contributed by atoms with Gasteiger partial charge in [0.1, 0.15) is 11.6 Å². The van der Waals surface area contributed by atoms with Crippen LogP contribution in [0.1, 0.15) is 78.0 Å². The van der Waals surface area contributed by atoms with Gasteiger partial charge in [0.2, 0.25) is 5.91 Å². The molecule has 0 spiro atoms. The van der Waals surface area contributed by atoms with Crippen molar-refractivity contribution >= 4 is 12.0 Å². The van der Waals surface area contributed by atoms with Crippen LogP contribution in [0.15, 0.2) is 6.20 Å². The summed E-state index contributed by atoms with van der Waals surface area (Å²) < 4.78 is 6.87. The van der Waals surface area contributed by atoms with E-state index in [-0.39, 0.29) is 5.91 Å². The van der Waals surface area contributed by atoms with Crippen LogP contribution in [-0.4, -0.2) is 68.3 Å². The molecule has 9 nitrogen and oxygen atoms in total. The molecule has 1 aromatic heterocycles. The van der Waals surface area contributed by atoms with Crippen LogP contribution in [0.25, 0.3) is 0 Å². The molecule has 1 aliphatic heterocycles. The number of unbranched alkanes of at least 4 members (excludes halogenated alkanes) is 1. The monoisotopic (exact) mass is 423 g/mol. The largest absolute Gasteiger partial charge is 0.444 e. The zero-order valence-electron chi connectivity index (χ0n) is 18.8. The molecule has 9 heteroatoms. The standard InChI is InChI=1S/C21H37N5O4/c1-16(27)14-17-15-26(24-23-17)18(19(28)25-12-8-5-9-13-25)10-6-7-11-22-20(29)30-21(2,3)4/h15-16,18,27H,5-14H2,1-4H3,(H,22,29)/t16?,18-/m0/s1. The Morgan fingerprint density at radius 2 is 1.93 bits per heavy atom. The van der Waals surface area contributed by atoms with Gasteiger partial charge in [-0.2, -0.15) is 0 Å². The van der Waals surface area contributed by atoms with Crippen molar-refractivity contribution in [2.24, 2.45) is 0 Å². The summed E-state index contributed by atoms with van der Waals surface area (Å²) >= 11 is 0. The lowest BCUT2D eigenvalue weighted by Gasteiger charge is -2.30. The fourth-order valence-electron chi connectivity index (χ4n) is 3.52. The van der Waals surface area contributed by atoms with E-state index in [2.05, 4.69) is 15.6 Å². The van der Waals surface area contributed by atoms with Gasteiger partial charge in [0.05, 0.1) is 11.8 Å². The minimum Gasteiger partial charge on any atom is -0.444 e. The van der Waals surface area contributed by atoms with Crippen LogP contribution >= 0.6 is 0 Å². The maximum absolute atomic E-state index is 13.2. The first-order valence-corrected chi connectivity index (χ1v) is 11.0. The smallest absolute Gasteiger partial charge is 0.407 e. The van der Waals surface area contributed by atoms with Gasteiger partial charge in [0, 0.05) is 32.3 Å². The van der Waals surface area contributed by atoms with Crippen molar-refractivity contribution in [3.05, 3.63) is 11.9 Å². The van der Waals surface area contributed by atoms with Crippen molar-refractivity contribution in [2.45, 2.75) is 90.4 Å². The normalized spacial score (nSPS) is 16.8. The minimum absolute atomic E-state index is 0.0725. The van der Waals surface area contributed by atoms with Gasteiger partial charge in [-0.1, -0.05) is 5.21 Å². The zero-order chi connectivity index (χ0) is 22.1. The molecule has 0 aromatic carbocycles. The van der Waals surface area contributed by atoms with Crippen molar-refractivity contribution in [1.29, 1.82) is 0 Å². The number of hydrogen-bond donors (Lipinski definition) is 2. The number of hydrogen-bond acceptors (Lipinski definition) is 6. The van der Waals surface area contributed by atoms with Gasteiger partial charge in [-0.05, 0) is 66.2 Å². The number of ether oxygens (including phenoxy) is 1. The second-order valence-corrected chi connectivity index (χ2v) is 9.07. The van der Waals surface area contributed by atoms with Crippen molar-refractivity contribution < 1.29 is 19.4 Å². The number of carbonyl (C=O) groups is 2. The van der Waals surface area contributed by atoms with E-state index in [1.54, 1.807) is 17.8 Å². The van der Waals surface area contributed by atoms with Crippen LogP contribution in [-0.2, 0) is 16.0 Å². The van der Waals surface area contributed by atoms with Crippen LogP contribution in [0, 0.1) is 0 Å². The fraction of sp³-hybridized carbons (Fsp3) is 0.810. The fourth-order valence-corrected chi connectivity index (χ4v) is 3.52. The Balaban J connectivity index is 1.92. The molecule has 2 N–H and O–H groups in total. The molecule has 1 aromatic rings. The first-order valence-electron chi connectivity index (χ1n) is 11.0. The van der Waals surface area contributed by atoms with Crippen LogP contribution < -0.4 is 5.32 Å². The molecule has 2 amide bonds. The summed E-state index contributed by atoms with van der Waals surface area (Å²) in [7, 11) is 0. The molecule has 1 aliphatic rings. The molecule has 1 saturated heterocycles. The van der Waals surface area contributed by atoms with Crippen LogP contribution in [0.2, 0.25) is 0 Å². The molecule has 0 aliphatic carbocycles. The summed E-state index contributed by atoms with van der Waals surface area (Å²) in [6.07, 6.45) is 6.56. The number of aliphatic hydroxyl groups excluding tert-OH is 1. The van der Waals surface area contributed by atoms with E-state index in [4.69, 9.17) is 4.74 Å². The predicted molar refractivity (Wildman–Crippen MR) is 113 cm³/mol. The number of rotatable bonds is 9. The van der Waals surface area contributed by atoms with Crippen LogP contribution in [0.5, 0.6) is 0 Å². The van der Waals surface area contributed by atoms with E-state index in [0.29, 0.717) is 25.1 Å². The van der Waals surface area contributed by atoms with Gasteiger partial charge >= 0.3 is 6.09 Å². The number of piperidine rings is 1. The molecule has 1 unspecified atom stereocenters. The third-order valence-electron chi connectivity index (χ3n) is 4.91. The number of nitrogens with zero attached hydrogens (tertiary/aromatic N) is 4. The predicted octanol–water partition coefficient (Wildman–Crippen LogP) is 2.45. The van der Waals surface area contributed by atoms with E-state index in [1.165, 1.54) is 0 Å². The Labute approximate surface area is 179 Å². The summed E-state index contributed by atoms with van der Waals surface area (Å²) in [6.45, 7) is 9.24. The number of aliphatic hydroxyl groups is 1.